The van der Waals surface area contributed by atoms with Gasteiger partial charge < -0.3 is 4.90 Å². The number of hydrogen-bond acceptors (Lipinski definition) is 3. The minimum absolute atomic E-state index is 0.0289. The van der Waals surface area contributed by atoms with Gasteiger partial charge in [-0.1, -0.05) is 31.0 Å². The van der Waals surface area contributed by atoms with Crippen LogP contribution in [0, 0.1) is 0 Å². The maximum absolute atomic E-state index is 13.0. The topological polar surface area (TPSA) is 66.5 Å². The van der Waals surface area contributed by atoms with Crippen LogP contribution in [0.25, 0.3) is 0 Å². The molecule has 2 aromatic carbocycles. The number of benzene rings is 2. The lowest BCUT2D eigenvalue weighted by Crippen LogP contribution is -2.35. The fraction of sp³-hybridized carbons (Fsp3) is 0.381. The highest BCUT2D eigenvalue weighted by molar-refractivity contribution is 7.89. The number of carbonyl (C=O) groups is 1. The molecule has 2 aromatic rings. The van der Waals surface area contributed by atoms with E-state index >= 15 is 0 Å². The van der Waals surface area contributed by atoms with Gasteiger partial charge in [0.15, 0.2) is 0 Å². The summed E-state index contributed by atoms with van der Waals surface area (Å²) in [4.78, 5) is 15.0. The van der Waals surface area contributed by atoms with Gasteiger partial charge in [0.25, 0.3) is 5.91 Å². The molecule has 0 bridgehead atoms. The third-order valence-corrected chi connectivity index (χ3v) is 6.98. The number of rotatable bonds is 4. The molecule has 0 unspecified atom stereocenters. The Kier molecular flexibility index (Phi) is 5.02. The van der Waals surface area contributed by atoms with E-state index < -0.39 is 10.0 Å². The van der Waals surface area contributed by atoms with Crippen LogP contribution >= 0.6 is 0 Å². The van der Waals surface area contributed by atoms with Gasteiger partial charge in [-0.2, -0.15) is 0 Å². The summed E-state index contributed by atoms with van der Waals surface area (Å²) in [5.41, 5.74) is 2.64. The first-order valence-corrected chi connectivity index (χ1v) is 11.0. The van der Waals surface area contributed by atoms with Gasteiger partial charge in [-0.15, -0.1) is 0 Å². The predicted molar refractivity (Wildman–Crippen MR) is 105 cm³/mol. The maximum atomic E-state index is 13.0. The number of anilines is 1. The third kappa shape index (κ3) is 3.77. The number of fused-ring (bicyclic) bond motifs is 1. The van der Waals surface area contributed by atoms with Crippen molar-refractivity contribution in [3.05, 3.63) is 59.7 Å². The first-order chi connectivity index (χ1) is 13.0. The molecule has 0 saturated heterocycles. The van der Waals surface area contributed by atoms with E-state index in [2.05, 4.69) is 10.8 Å². The fourth-order valence-electron chi connectivity index (χ4n) is 4.01. The van der Waals surface area contributed by atoms with Crippen LogP contribution in [-0.4, -0.2) is 26.9 Å². The molecule has 4 rings (SSSR count). The maximum Gasteiger partial charge on any atom is 0.258 e. The van der Waals surface area contributed by atoms with Gasteiger partial charge in [0.05, 0.1) is 4.90 Å². The van der Waals surface area contributed by atoms with Crippen molar-refractivity contribution in [2.24, 2.45) is 0 Å². The first kappa shape index (κ1) is 18.2. The van der Waals surface area contributed by atoms with Gasteiger partial charge >= 0.3 is 0 Å². The van der Waals surface area contributed by atoms with Gasteiger partial charge in [-0.05, 0) is 61.6 Å². The van der Waals surface area contributed by atoms with E-state index in [1.54, 1.807) is 17.0 Å². The Hall–Kier alpha value is -2.18. The summed E-state index contributed by atoms with van der Waals surface area (Å²) in [5.74, 6) is -0.0881. The van der Waals surface area contributed by atoms with Gasteiger partial charge in [-0.25, -0.2) is 13.1 Å². The largest absolute Gasteiger partial charge is 0.308 e. The molecule has 1 aliphatic heterocycles. The van der Waals surface area contributed by atoms with Gasteiger partial charge in [-0.3, -0.25) is 4.79 Å². The molecule has 6 heteroatoms. The molecule has 0 aromatic heterocycles. The molecular formula is C21H24N2O3S. The van der Waals surface area contributed by atoms with Crippen molar-refractivity contribution in [2.75, 3.05) is 11.4 Å². The van der Waals surface area contributed by atoms with Crippen LogP contribution < -0.4 is 9.62 Å². The van der Waals surface area contributed by atoms with Crippen LogP contribution in [0.2, 0.25) is 0 Å². The predicted octanol–water partition coefficient (Wildman–Crippen LogP) is 3.50. The Balaban J connectivity index is 1.53. The van der Waals surface area contributed by atoms with Crippen LogP contribution in [0.1, 0.15) is 48.0 Å². The van der Waals surface area contributed by atoms with Crippen molar-refractivity contribution in [2.45, 2.75) is 49.5 Å². The molecular weight excluding hydrogens is 360 g/mol. The molecule has 0 atom stereocenters. The van der Waals surface area contributed by atoms with E-state index in [9.17, 15) is 13.2 Å². The second-order valence-electron chi connectivity index (χ2n) is 7.32. The van der Waals surface area contributed by atoms with Gasteiger partial charge in [0.2, 0.25) is 10.0 Å². The Morgan fingerprint density at radius 1 is 0.963 bits per heavy atom. The zero-order chi connectivity index (χ0) is 18.9. The van der Waals surface area contributed by atoms with E-state index in [1.807, 2.05) is 18.2 Å². The Bertz CT molecular complexity index is 932. The van der Waals surface area contributed by atoms with Crippen LogP contribution in [0.4, 0.5) is 5.69 Å². The van der Waals surface area contributed by atoms with Crippen molar-refractivity contribution >= 4 is 21.6 Å². The van der Waals surface area contributed by atoms with E-state index in [0.29, 0.717) is 12.1 Å². The quantitative estimate of drug-likeness (QED) is 0.877. The van der Waals surface area contributed by atoms with Crippen molar-refractivity contribution < 1.29 is 13.2 Å². The number of sulfonamides is 1. The van der Waals surface area contributed by atoms with Crippen molar-refractivity contribution in [1.29, 1.82) is 0 Å². The summed E-state index contributed by atoms with van der Waals surface area (Å²) in [5, 5.41) is 0. The first-order valence-electron chi connectivity index (χ1n) is 9.57. The fourth-order valence-corrected chi connectivity index (χ4v) is 5.31. The lowest BCUT2D eigenvalue weighted by molar-refractivity contribution is 0.0985. The zero-order valence-corrected chi connectivity index (χ0v) is 16.0. The molecule has 0 radical (unpaired) electrons. The number of hydrogen-bond donors (Lipinski definition) is 1. The summed E-state index contributed by atoms with van der Waals surface area (Å²) in [6.07, 6.45) is 5.83. The summed E-state index contributed by atoms with van der Waals surface area (Å²) in [6, 6.07) is 14.3. The number of aryl methyl sites for hydroxylation is 1. The average Bonchev–Trinajstić information content (AvgIpc) is 3.19. The van der Waals surface area contributed by atoms with E-state index in [4.69, 9.17) is 0 Å². The molecule has 1 saturated carbocycles. The molecule has 1 N–H and O–H groups in total. The minimum atomic E-state index is -3.53. The van der Waals surface area contributed by atoms with Crippen molar-refractivity contribution in [1.82, 2.24) is 4.72 Å². The zero-order valence-electron chi connectivity index (χ0n) is 15.2. The lowest BCUT2D eigenvalue weighted by Gasteiger charge is -2.29. The number of carbonyl (C=O) groups excluding carboxylic acids is 1. The molecule has 27 heavy (non-hydrogen) atoms. The van der Waals surface area contributed by atoms with Gasteiger partial charge in [0, 0.05) is 23.8 Å². The highest BCUT2D eigenvalue weighted by atomic mass is 32.2. The van der Waals surface area contributed by atoms with Crippen LogP contribution in [0.15, 0.2) is 53.4 Å². The standard InChI is InChI=1S/C21H24N2O3S/c24-21(23-15-5-7-16-6-1-4-10-20(16)23)17-11-13-19(14-12-17)27(25,26)22-18-8-2-3-9-18/h1,4,6,10-14,18,22H,2-3,5,7-9,15H2. The van der Waals surface area contributed by atoms with E-state index in [-0.39, 0.29) is 16.8 Å². The number of para-hydroxylation sites is 1. The monoisotopic (exact) mass is 384 g/mol. The lowest BCUT2D eigenvalue weighted by atomic mass is 10.0. The molecule has 1 amide bonds. The summed E-state index contributed by atoms with van der Waals surface area (Å²) in [7, 11) is -3.53. The second kappa shape index (κ2) is 7.44. The molecule has 0 spiro atoms. The SMILES string of the molecule is O=C(c1ccc(S(=O)(=O)NC2CCCC2)cc1)N1CCCc2ccccc21. The summed E-state index contributed by atoms with van der Waals surface area (Å²) >= 11 is 0. The molecule has 1 aliphatic carbocycles. The molecule has 2 aliphatic rings. The van der Waals surface area contributed by atoms with Crippen molar-refractivity contribution in [3.8, 4) is 0 Å². The highest BCUT2D eigenvalue weighted by Crippen LogP contribution is 2.28. The van der Waals surface area contributed by atoms with Crippen LogP contribution in [0.3, 0.4) is 0 Å². The minimum Gasteiger partial charge on any atom is -0.308 e. The normalized spacial score (nSPS) is 17.7. The van der Waals surface area contributed by atoms with E-state index in [0.717, 1.165) is 44.2 Å². The molecule has 1 heterocycles. The molecule has 5 nitrogen and oxygen atoms in total. The van der Waals surface area contributed by atoms with Crippen molar-refractivity contribution in [3.63, 3.8) is 0 Å². The van der Waals surface area contributed by atoms with Gasteiger partial charge in [0.1, 0.15) is 0 Å². The number of nitrogens with zero attached hydrogens (tertiary/aromatic N) is 1. The molecule has 1 fully saturated rings. The second-order valence-corrected chi connectivity index (χ2v) is 9.03. The van der Waals surface area contributed by atoms with Crippen LogP contribution in [0.5, 0.6) is 0 Å². The van der Waals surface area contributed by atoms with Crippen LogP contribution in [-0.2, 0) is 16.4 Å². The summed E-state index contributed by atoms with van der Waals surface area (Å²) in [6.45, 7) is 0.680. The average molecular weight is 385 g/mol. The summed E-state index contributed by atoms with van der Waals surface area (Å²) < 4.78 is 27.8. The smallest absolute Gasteiger partial charge is 0.258 e. The number of nitrogens with one attached hydrogen (secondary N) is 1. The Labute approximate surface area is 160 Å². The third-order valence-electron chi connectivity index (χ3n) is 5.44. The molecule has 142 valence electrons. The highest BCUT2D eigenvalue weighted by Gasteiger charge is 2.25. The Morgan fingerprint density at radius 2 is 1.67 bits per heavy atom. The van der Waals surface area contributed by atoms with E-state index in [1.165, 1.54) is 17.7 Å². The Morgan fingerprint density at radius 3 is 2.41 bits per heavy atom. The number of amides is 1.